The molecule has 1 saturated heterocycles. The van der Waals surface area contributed by atoms with E-state index in [4.69, 9.17) is 0 Å². The minimum Gasteiger partial charge on any atom is -0.360 e. The maximum Gasteiger partial charge on any atom is 0.295 e. The Balaban J connectivity index is 1.27. The Morgan fingerprint density at radius 3 is 2.60 bits per heavy atom. The number of Topliss-reactive ketones (excluding diaryl/α,β-unsaturated/α-hetero) is 1. The van der Waals surface area contributed by atoms with E-state index in [1.165, 1.54) is 17.2 Å². The molecule has 3 heterocycles. The first-order chi connectivity index (χ1) is 19.5. The van der Waals surface area contributed by atoms with E-state index in [9.17, 15) is 14.9 Å². The number of aliphatic imine (C=N–C) groups is 1. The molecule has 9 heteroatoms. The Morgan fingerprint density at radius 1 is 1.07 bits per heavy atom. The number of nitrogens with one attached hydrogen (secondary N) is 1. The molecule has 0 spiro atoms. The largest absolute Gasteiger partial charge is 0.360 e. The minimum atomic E-state index is -0.757. The zero-order valence-electron chi connectivity index (χ0n) is 21.6. The first kappa shape index (κ1) is 25.5. The summed E-state index contributed by atoms with van der Waals surface area (Å²) >= 11 is 1.59. The Kier molecular flexibility index (Phi) is 6.62. The van der Waals surface area contributed by atoms with Crippen molar-refractivity contribution in [2.45, 2.75) is 13.0 Å². The molecule has 1 aliphatic rings. The third-order valence-electron chi connectivity index (χ3n) is 7.29. The van der Waals surface area contributed by atoms with Gasteiger partial charge in [0, 0.05) is 58.0 Å². The Morgan fingerprint density at radius 2 is 1.85 bits per heavy atom. The van der Waals surface area contributed by atoms with Crippen LogP contribution in [0.3, 0.4) is 0 Å². The first-order valence-electron chi connectivity index (χ1n) is 12.9. The van der Waals surface area contributed by atoms with Crippen molar-refractivity contribution in [3.8, 4) is 16.6 Å². The minimum absolute atomic E-state index is 0.0195. The predicted octanol–water partition coefficient (Wildman–Crippen LogP) is 5.83. The van der Waals surface area contributed by atoms with Crippen LogP contribution in [0.1, 0.15) is 22.8 Å². The molecular formula is C31H24FN5O2S. The van der Waals surface area contributed by atoms with Crippen LogP contribution in [0.25, 0.3) is 31.4 Å². The fraction of sp³-hybridized carbons (Fsp3) is 0.161. The van der Waals surface area contributed by atoms with E-state index in [-0.39, 0.29) is 23.5 Å². The van der Waals surface area contributed by atoms with Gasteiger partial charge in [0.1, 0.15) is 11.7 Å². The van der Waals surface area contributed by atoms with Gasteiger partial charge in [0.2, 0.25) is 6.19 Å². The van der Waals surface area contributed by atoms with Gasteiger partial charge >= 0.3 is 0 Å². The van der Waals surface area contributed by atoms with Gasteiger partial charge in [-0.05, 0) is 36.6 Å². The number of thiophene rings is 1. The summed E-state index contributed by atoms with van der Waals surface area (Å²) in [4.78, 5) is 38.4. The van der Waals surface area contributed by atoms with E-state index < -0.39 is 17.5 Å². The Labute approximate surface area is 233 Å². The van der Waals surface area contributed by atoms with Crippen LogP contribution in [0.5, 0.6) is 0 Å². The fourth-order valence-corrected chi connectivity index (χ4v) is 6.45. The summed E-state index contributed by atoms with van der Waals surface area (Å²) < 4.78 is 16.3. The predicted molar refractivity (Wildman–Crippen MR) is 155 cm³/mol. The molecule has 1 fully saturated rings. The number of fused-ring (bicyclic) bond motifs is 2. The number of aromatic nitrogens is 1. The smallest absolute Gasteiger partial charge is 0.295 e. The van der Waals surface area contributed by atoms with Gasteiger partial charge in [-0.25, -0.2) is 4.39 Å². The van der Waals surface area contributed by atoms with Gasteiger partial charge < -0.3 is 14.8 Å². The molecule has 1 N–H and O–H groups in total. The average molecular weight is 550 g/mol. The van der Waals surface area contributed by atoms with Crippen LogP contribution < -0.4 is 0 Å². The summed E-state index contributed by atoms with van der Waals surface area (Å²) in [6.07, 6.45) is 3.30. The maximum absolute atomic E-state index is 15.2. The molecule has 3 aromatic carbocycles. The Hall–Kier alpha value is -4.81. The summed E-state index contributed by atoms with van der Waals surface area (Å²) in [5.41, 5.74) is 2.08. The van der Waals surface area contributed by atoms with Crippen molar-refractivity contribution >= 4 is 49.9 Å². The van der Waals surface area contributed by atoms with Crippen molar-refractivity contribution in [1.82, 2.24) is 14.8 Å². The molecule has 0 radical (unpaired) electrons. The molecule has 0 bridgehead atoms. The Bertz CT molecular complexity index is 1800. The lowest BCUT2D eigenvalue weighted by atomic mass is 10.0. The second-order valence-corrected chi connectivity index (χ2v) is 10.8. The molecule has 2 aromatic heterocycles. The molecule has 5 aromatic rings. The number of benzene rings is 3. The lowest BCUT2D eigenvalue weighted by Gasteiger charge is -2.40. The van der Waals surface area contributed by atoms with E-state index in [0.717, 1.165) is 26.1 Å². The molecule has 7 nitrogen and oxygen atoms in total. The van der Waals surface area contributed by atoms with Crippen LogP contribution in [0.15, 0.2) is 84.0 Å². The van der Waals surface area contributed by atoms with E-state index in [0.29, 0.717) is 24.4 Å². The van der Waals surface area contributed by atoms with E-state index in [1.54, 1.807) is 17.4 Å². The van der Waals surface area contributed by atoms with Crippen LogP contribution in [0.4, 0.5) is 4.39 Å². The number of carbonyl (C=O) groups is 2. The number of hydrogen-bond donors (Lipinski definition) is 1. The third-order valence-corrected chi connectivity index (χ3v) is 8.44. The number of rotatable bonds is 4. The number of amides is 1. The maximum atomic E-state index is 15.2. The van der Waals surface area contributed by atoms with Gasteiger partial charge in [0.25, 0.3) is 11.7 Å². The number of carbonyl (C=O) groups excluding carboxylic acids is 2. The van der Waals surface area contributed by atoms with Gasteiger partial charge in [-0.15, -0.1) is 11.3 Å². The number of ketones is 1. The molecule has 1 aliphatic heterocycles. The summed E-state index contributed by atoms with van der Waals surface area (Å²) in [5.74, 6) is -1.47. The molecule has 0 aliphatic carbocycles. The van der Waals surface area contributed by atoms with Gasteiger partial charge in [0.15, 0.2) is 0 Å². The molecule has 40 heavy (non-hydrogen) atoms. The molecule has 6 rings (SSSR count). The normalized spacial score (nSPS) is 15.9. The number of hydrogen-bond acceptors (Lipinski definition) is 5. The van der Waals surface area contributed by atoms with Crippen LogP contribution in [0.2, 0.25) is 0 Å². The van der Waals surface area contributed by atoms with Crippen LogP contribution in [-0.2, 0) is 4.79 Å². The summed E-state index contributed by atoms with van der Waals surface area (Å²) in [7, 11) is 0. The standard InChI is InChI=1S/C31H24FN5O2S/c1-19-17-36(30(35-18-33)20-7-3-2-4-8-20)13-14-37(19)31(39)29(38)23-16-34-28-22(11-12-24(32)27(23)28)26-15-21-9-5-6-10-25(21)40-26/h2-12,15-16,19,34H,13-14,17H2,1H3/t19-/m0/s1. The van der Waals surface area contributed by atoms with Crippen LogP contribution in [-0.4, -0.2) is 58.0 Å². The first-order valence-corrected chi connectivity index (χ1v) is 13.7. The van der Waals surface area contributed by atoms with E-state index >= 15 is 4.39 Å². The van der Waals surface area contributed by atoms with Gasteiger partial charge in [-0.1, -0.05) is 48.5 Å². The zero-order valence-corrected chi connectivity index (χ0v) is 22.4. The highest BCUT2D eigenvalue weighted by molar-refractivity contribution is 7.22. The summed E-state index contributed by atoms with van der Waals surface area (Å²) in [6.45, 7) is 2.91. The number of nitrogens with zero attached hydrogens (tertiary/aromatic N) is 4. The monoisotopic (exact) mass is 549 g/mol. The van der Waals surface area contributed by atoms with Crippen molar-refractivity contribution < 1.29 is 14.0 Å². The highest BCUT2D eigenvalue weighted by Crippen LogP contribution is 2.38. The highest BCUT2D eigenvalue weighted by atomic mass is 32.1. The number of amidine groups is 1. The van der Waals surface area contributed by atoms with E-state index in [2.05, 4.69) is 9.98 Å². The molecule has 0 saturated carbocycles. The zero-order chi connectivity index (χ0) is 27.8. The molecule has 1 amide bonds. The number of aromatic amines is 1. The van der Waals surface area contributed by atoms with E-state index in [1.807, 2.05) is 78.7 Å². The quantitative estimate of drug-likeness (QED) is 0.100. The molecule has 198 valence electrons. The SMILES string of the molecule is C[C@H]1CN(C(=NC#N)c2ccccc2)CCN1C(=O)C(=O)c1c[nH]c2c(-c3cc4ccccc4s3)ccc(F)c12. The van der Waals surface area contributed by atoms with Crippen LogP contribution in [0, 0.1) is 17.3 Å². The molecule has 0 unspecified atom stereocenters. The number of H-pyrrole nitrogens is 1. The molecular weight excluding hydrogens is 525 g/mol. The summed E-state index contributed by atoms with van der Waals surface area (Å²) in [6, 6.07) is 22.1. The van der Waals surface area contributed by atoms with Crippen molar-refractivity contribution in [2.75, 3.05) is 19.6 Å². The number of nitriles is 1. The average Bonchev–Trinajstić information content (AvgIpc) is 3.61. The second kappa shape index (κ2) is 10.4. The number of piperazine rings is 1. The number of halogens is 1. The highest BCUT2D eigenvalue weighted by Gasteiger charge is 2.34. The summed E-state index contributed by atoms with van der Waals surface area (Å²) in [5, 5.41) is 10.4. The third kappa shape index (κ3) is 4.42. The topological polar surface area (TPSA) is 92.6 Å². The van der Waals surface area contributed by atoms with Gasteiger partial charge in [0.05, 0.1) is 11.1 Å². The van der Waals surface area contributed by atoms with Gasteiger partial charge in [-0.2, -0.15) is 10.3 Å². The van der Waals surface area contributed by atoms with Crippen molar-refractivity contribution in [2.24, 2.45) is 4.99 Å². The van der Waals surface area contributed by atoms with Crippen molar-refractivity contribution in [3.63, 3.8) is 0 Å². The lowest BCUT2D eigenvalue weighted by Crippen LogP contribution is -2.57. The van der Waals surface area contributed by atoms with Crippen LogP contribution >= 0.6 is 11.3 Å². The van der Waals surface area contributed by atoms with Crippen molar-refractivity contribution in [1.29, 1.82) is 5.26 Å². The lowest BCUT2D eigenvalue weighted by molar-refractivity contribution is -0.130. The van der Waals surface area contributed by atoms with Gasteiger partial charge in [-0.3, -0.25) is 9.59 Å². The van der Waals surface area contributed by atoms with Crippen molar-refractivity contribution in [3.05, 3.63) is 95.9 Å². The fourth-order valence-electron chi connectivity index (χ4n) is 5.36. The second-order valence-electron chi connectivity index (χ2n) is 9.72. The molecule has 1 atom stereocenters.